The van der Waals surface area contributed by atoms with Crippen LogP contribution in [-0.2, 0) is 14.6 Å². The number of carbonyl (C=O) groups is 1. The molecule has 5 nitrogen and oxygen atoms in total. The maximum atomic E-state index is 12.4. The Kier molecular flexibility index (Phi) is 4.76. The molecule has 8 heteroatoms. The van der Waals surface area contributed by atoms with Crippen LogP contribution in [0.15, 0.2) is 29.3 Å². The standard InChI is InChI=1S/C16H19IN2O3S2/c1-16(2,3)14(20)18-15-19(11-6-4-5-10(17)7-11)12-8-24(21,22)9-13(12)23-15/h4-7,12-13H,8-9H2,1-3H3/t12-,13+/m1/s1. The number of benzene rings is 1. The van der Waals surface area contributed by atoms with E-state index in [0.29, 0.717) is 5.17 Å². The summed E-state index contributed by atoms with van der Waals surface area (Å²) in [6, 6.07) is 7.68. The normalized spacial score (nSPS) is 27.5. The monoisotopic (exact) mass is 478 g/mol. The molecule has 1 amide bonds. The first kappa shape index (κ1) is 18.2. The van der Waals surface area contributed by atoms with Gasteiger partial charge in [0.1, 0.15) is 0 Å². The van der Waals surface area contributed by atoms with Gasteiger partial charge in [-0.1, -0.05) is 38.6 Å². The van der Waals surface area contributed by atoms with Crippen molar-refractivity contribution < 1.29 is 13.2 Å². The van der Waals surface area contributed by atoms with Crippen molar-refractivity contribution >= 4 is 61.0 Å². The van der Waals surface area contributed by atoms with E-state index in [9.17, 15) is 13.2 Å². The lowest BCUT2D eigenvalue weighted by atomic mass is 9.96. The highest BCUT2D eigenvalue weighted by Gasteiger charge is 2.49. The fourth-order valence-electron chi connectivity index (χ4n) is 2.75. The van der Waals surface area contributed by atoms with Crippen molar-refractivity contribution in [2.24, 2.45) is 10.4 Å². The van der Waals surface area contributed by atoms with Crippen molar-refractivity contribution in [2.45, 2.75) is 32.1 Å². The first-order valence-corrected chi connectivity index (χ1v) is 11.4. The summed E-state index contributed by atoms with van der Waals surface area (Å²) in [4.78, 5) is 18.6. The predicted octanol–water partition coefficient (Wildman–Crippen LogP) is 2.94. The molecule has 2 atom stereocenters. The molecule has 130 valence electrons. The molecule has 2 heterocycles. The SMILES string of the molecule is CC(C)(C)C(=O)N=C1S[C@H]2CS(=O)(=O)C[C@H]2N1c1cccc(I)c1. The van der Waals surface area contributed by atoms with E-state index in [4.69, 9.17) is 0 Å². The quantitative estimate of drug-likeness (QED) is 0.581. The molecule has 0 bridgehead atoms. The molecule has 3 rings (SSSR count). The number of nitrogens with zero attached hydrogens (tertiary/aromatic N) is 2. The van der Waals surface area contributed by atoms with Gasteiger partial charge in [0, 0.05) is 19.9 Å². The third kappa shape index (κ3) is 3.65. The summed E-state index contributed by atoms with van der Waals surface area (Å²) in [5.74, 6) is 0.0631. The van der Waals surface area contributed by atoms with Gasteiger partial charge in [0.25, 0.3) is 5.91 Å². The van der Waals surface area contributed by atoms with Gasteiger partial charge in [0.15, 0.2) is 15.0 Å². The zero-order chi connectivity index (χ0) is 17.7. The van der Waals surface area contributed by atoms with Crippen LogP contribution in [0.1, 0.15) is 20.8 Å². The Morgan fingerprint density at radius 3 is 2.67 bits per heavy atom. The van der Waals surface area contributed by atoms with Crippen molar-refractivity contribution in [3.63, 3.8) is 0 Å². The maximum Gasteiger partial charge on any atom is 0.253 e. The Labute approximate surface area is 160 Å². The number of amidine groups is 1. The highest BCUT2D eigenvalue weighted by Crippen LogP contribution is 2.41. The summed E-state index contributed by atoms with van der Waals surface area (Å²) < 4.78 is 25.1. The van der Waals surface area contributed by atoms with Crippen LogP contribution in [0.25, 0.3) is 0 Å². The molecule has 2 saturated heterocycles. The van der Waals surface area contributed by atoms with Gasteiger partial charge in [-0.05, 0) is 40.8 Å². The molecular formula is C16H19IN2O3S2. The van der Waals surface area contributed by atoms with Gasteiger partial charge >= 0.3 is 0 Å². The van der Waals surface area contributed by atoms with Crippen LogP contribution < -0.4 is 4.90 Å². The number of sulfone groups is 1. The topological polar surface area (TPSA) is 66.8 Å². The van der Waals surface area contributed by atoms with E-state index in [-0.39, 0.29) is 28.7 Å². The van der Waals surface area contributed by atoms with Crippen LogP contribution in [0.4, 0.5) is 5.69 Å². The second-order valence-electron chi connectivity index (χ2n) is 7.10. The van der Waals surface area contributed by atoms with Crippen LogP contribution >= 0.6 is 34.4 Å². The highest BCUT2D eigenvalue weighted by atomic mass is 127. The second kappa shape index (κ2) is 6.28. The Morgan fingerprint density at radius 1 is 1.33 bits per heavy atom. The van der Waals surface area contributed by atoms with Gasteiger partial charge in [-0.15, -0.1) is 0 Å². The molecule has 0 radical (unpaired) electrons. The summed E-state index contributed by atoms with van der Waals surface area (Å²) in [6.45, 7) is 5.50. The van der Waals surface area contributed by atoms with Crippen LogP contribution in [0, 0.1) is 8.99 Å². The molecule has 0 unspecified atom stereocenters. The van der Waals surface area contributed by atoms with Crippen LogP contribution in [0.3, 0.4) is 0 Å². The average molecular weight is 478 g/mol. The van der Waals surface area contributed by atoms with E-state index in [1.807, 2.05) is 49.9 Å². The molecule has 2 aliphatic heterocycles. The largest absolute Gasteiger partial charge is 0.316 e. The Morgan fingerprint density at radius 2 is 2.04 bits per heavy atom. The van der Waals surface area contributed by atoms with Gasteiger partial charge < -0.3 is 4.90 Å². The number of amides is 1. The molecule has 2 fully saturated rings. The minimum absolute atomic E-state index is 0.0700. The van der Waals surface area contributed by atoms with E-state index >= 15 is 0 Å². The fourth-order valence-corrected chi connectivity index (χ4v) is 7.19. The lowest BCUT2D eigenvalue weighted by Crippen LogP contribution is -2.38. The Balaban J connectivity index is 2.03. The number of aliphatic imine (C=N–C) groups is 1. The minimum atomic E-state index is -3.04. The zero-order valence-corrected chi connectivity index (χ0v) is 17.5. The molecule has 24 heavy (non-hydrogen) atoms. The van der Waals surface area contributed by atoms with Crippen LogP contribution in [0.5, 0.6) is 0 Å². The van der Waals surface area contributed by atoms with E-state index in [1.165, 1.54) is 11.8 Å². The van der Waals surface area contributed by atoms with E-state index in [2.05, 4.69) is 27.6 Å². The lowest BCUT2D eigenvalue weighted by molar-refractivity contribution is -0.124. The number of anilines is 1. The number of rotatable bonds is 1. The van der Waals surface area contributed by atoms with Gasteiger partial charge in [-0.25, -0.2) is 8.42 Å². The number of thioether (sulfide) groups is 1. The Hall–Kier alpha value is -0.610. The van der Waals surface area contributed by atoms with Gasteiger partial charge in [-0.2, -0.15) is 4.99 Å². The Bertz CT molecular complexity index is 815. The minimum Gasteiger partial charge on any atom is -0.316 e. The van der Waals surface area contributed by atoms with Gasteiger partial charge in [-0.3, -0.25) is 4.79 Å². The number of fused-ring (bicyclic) bond motifs is 1. The average Bonchev–Trinajstić information content (AvgIpc) is 2.88. The second-order valence-corrected chi connectivity index (χ2v) is 11.7. The van der Waals surface area contributed by atoms with E-state index in [0.717, 1.165) is 9.26 Å². The van der Waals surface area contributed by atoms with Gasteiger partial charge in [0.2, 0.25) is 0 Å². The number of hydrogen-bond donors (Lipinski definition) is 0. The molecule has 1 aromatic rings. The third-order valence-corrected chi connectivity index (χ3v) is 7.87. The molecule has 0 aromatic heterocycles. The fraction of sp³-hybridized carbons (Fsp3) is 0.500. The van der Waals surface area contributed by atoms with E-state index < -0.39 is 15.3 Å². The van der Waals surface area contributed by atoms with E-state index in [1.54, 1.807) is 0 Å². The summed E-state index contributed by atoms with van der Waals surface area (Å²) in [7, 11) is -3.04. The predicted molar refractivity (Wildman–Crippen MR) is 107 cm³/mol. The summed E-state index contributed by atoms with van der Waals surface area (Å²) in [5, 5.41) is 0.543. The number of carbonyl (C=O) groups excluding carboxylic acids is 1. The molecule has 0 spiro atoms. The molecule has 1 aromatic carbocycles. The number of halogens is 1. The van der Waals surface area contributed by atoms with Crippen molar-refractivity contribution in [3.05, 3.63) is 27.8 Å². The summed E-state index contributed by atoms with van der Waals surface area (Å²) in [5.41, 5.74) is 0.327. The molecule has 2 aliphatic rings. The first-order valence-electron chi connectivity index (χ1n) is 7.62. The van der Waals surface area contributed by atoms with Crippen LogP contribution in [-0.4, -0.2) is 42.3 Å². The van der Waals surface area contributed by atoms with Crippen molar-refractivity contribution in [1.29, 1.82) is 0 Å². The van der Waals surface area contributed by atoms with Crippen molar-refractivity contribution in [2.75, 3.05) is 16.4 Å². The first-order chi connectivity index (χ1) is 11.1. The van der Waals surface area contributed by atoms with Crippen LogP contribution in [0.2, 0.25) is 0 Å². The maximum absolute atomic E-state index is 12.4. The number of hydrogen-bond acceptors (Lipinski definition) is 4. The van der Waals surface area contributed by atoms with Gasteiger partial charge in [0.05, 0.1) is 17.5 Å². The molecule has 0 saturated carbocycles. The molecule has 0 aliphatic carbocycles. The van der Waals surface area contributed by atoms with Crippen molar-refractivity contribution in [1.82, 2.24) is 0 Å². The summed E-state index contributed by atoms with van der Waals surface area (Å²) >= 11 is 3.64. The lowest BCUT2D eigenvalue weighted by Gasteiger charge is -2.25. The van der Waals surface area contributed by atoms with Crippen molar-refractivity contribution in [3.8, 4) is 0 Å². The molecular weight excluding hydrogens is 459 g/mol. The third-order valence-electron chi connectivity index (χ3n) is 3.99. The summed E-state index contributed by atoms with van der Waals surface area (Å²) in [6.07, 6.45) is 0. The smallest absolute Gasteiger partial charge is 0.253 e. The zero-order valence-electron chi connectivity index (χ0n) is 13.7. The highest BCUT2D eigenvalue weighted by molar-refractivity contribution is 14.1. The molecule has 0 N–H and O–H groups in total.